The Balaban J connectivity index is 2.04. The number of hydrogen-bond acceptors (Lipinski definition) is 2. The first-order chi connectivity index (χ1) is 9.30. The van der Waals surface area contributed by atoms with Gasteiger partial charge in [0, 0.05) is 18.1 Å². The van der Waals surface area contributed by atoms with E-state index in [-0.39, 0.29) is 0 Å². The molecule has 3 atom stereocenters. The van der Waals surface area contributed by atoms with Crippen LogP contribution in [0.3, 0.4) is 0 Å². The summed E-state index contributed by atoms with van der Waals surface area (Å²) in [6, 6.07) is 2.42. The van der Waals surface area contributed by atoms with Gasteiger partial charge in [-0.05, 0) is 51.1 Å². The quantitative estimate of drug-likeness (QED) is 0.786. The van der Waals surface area contributed by atoms with Gasteiger partial charge >= 0.3 is 0 Å². The molecule has 2 heteroatoms. The van der Waals surface area contributed by atoms with Crippen molar-refractivity contribution in [3.8, 4) is 0 Å². The first kappa shape index (κ1) is 15.3. The molecule has 2 rings (SSSR count). The monoisotopic (exact) mass is 266 g/mol. The molecule has 0 heterocycles. The summed E-state index contributed by atoms with van der Waals surface area (Å²) in [5.74, 6) is 0.968. The highest BCUT2D eigenvalue weighted by Crippen LogP contribution is 2.34. The van der Waals surface area contributed by atoms with Crippen LogP contribution in [0.15, 0.2) is 0 Å². The zero-order chi connectivity index (χ0) is 13.7. The number of nitrogens with one attached hydrogen (secondary N) is 1. The van der Waals surface area contributed by atoms with E-state index >= 15 is 0 Å². The van der Waals surface area contributed by atoms with Crippen molar-refractivity contribution in [1.29, 1.82) is 0 Å². The van der Waals surface area contributed by atoms with Crippen molar-refractivity contribution in [1.82, 2.24) is 10.2 Å². The maximum atomic E-state index is 3.78. The molecule has 0 aromatic rings. The fourth-order valence-corrected chi connectivity index (χ4v) is 4.47. The second-order valence-electron chi connectivity index (χ2n) is 6.59. The molecule has 1 N–H and O–H groups in total. The lowest BCUT2D eigenvalue weighted by atomic mass is 9.79. The first-order valence-electron chi connectivity index (χ1n) is 8.79. The Labute approximate surface area is 120 Å². The fraction of sp³-hybridized carbons (Fsp3) is 1.00. The highest BCUT2D eigenvalue weighted by molar-refractivity contribution is 4.93. The van der Waals surface area contributed by atoms with Gasteiger partial charge in [-0.3, -0.25) is 4.90 Å². The molecular formula is C17H34N2. The van der Waals surface area contributed by atoms with E-state index in [4.69, 9.17) is 0 Å². The van der Waals surface area contributed by atoms with Gasteiger partial charge in [0.05, 0.1) is 0 Å². The Bertz CT molecular complexity index is 248. The minimum absolute atomic E-state index is 0.744. The Morgan fingerprint density at radius 3 is 2.32 bits per heavy atom. The lowest BCUT2D eigenvalue weighted by Gasteiger charge is -2.45. The van der Waals surface area contributed by atoms with Gasteiger partial charge < -0.3 is 5.32 Å². The summed E-state index contributed by atoms with van der Waals surface area (Å²) < 4.78 is 0. The van der Waals surface area contributed by atoms with E-state index in [2.05, 4.69) is 31.0 Å². The van der Waals surface area contributed by atoms with Crippen LogP contribution in [-0.2, 0) is 0 Å². The van der Waals surface area contributed by atoms with E-state index in [1.54, 1.807) is 0 Å². The first-order valence-corrected chi connectivity index (χ1v) is 8.79. The molecule has 0 radical (unpaired) electrons. The maximum Gasteiger partial charge on any atom is 0.0254 e. The van der Waals surface area contributed by atoms with Crippen molar-refractivity contribution in [3.05, 3.63) is 0 Å². The third kappa shape index (κ3) is 3.72. The highest BCUT2D eigenvalue weighted by atomic mass is 15.2. The third-order valence-corrected chi connectivity index (χ3v) is 5.55. The van der Waals surface area contributed by atoms with Gasteiger partial charge in [0.1, 0.15) is 0 Å². The predicted molar refractivity (Wildman–Crippen MR) is 83.5 cm³/mol. The van der Waals surface area contributed by atoms with E-state index in [1.807, 2.05) is 0 Å². The number of rotatable bonds is 6. The second kappa shape index (κ2) is 7.64. The lowest BCUT2D eigenvalue weighted by molar-refractivity contribution is 0.0655. The molecule has 112 valence electrons. The summed E-state index contributed by atoms with van der Waals surface area (Å²) in [7, 11) is 0. The number of hydrogen-bond donors (Lipinski definition) is 1. The Kier molecular flexibility index (Phi) is 6.15. The minimum atomic E-state index is 0.744. The molecule has 2 saturated carbocycles. The lowest BCUT2D eigenvalue weighted by Crippen LogP contribution is -2.55. The molecule has 0 aromatic heterocycles. The van der Waals surface area contributed by atoms with Gasteiger partial charge in [-0.25, -0.2) is 0 Å². The molecule has 0 spiro atoms. The maximum absolute atomic E-state index is 3.78. The largest absolute Gasteiger partial charge is 0.313 e. The van der Waals surface area contributed by atoms with E-state index in [0.29, 0.717) is 0 Å². The Hall–Kier alpha value is -0.0800. The Morgan fingerprint density at radius 2 is 1.74 bits per heavy atom. The summed E-state index contributed by atoms with van der Waals surface area (Å²) in [5, 5.41) is 3.78. The molecule has 2 nitrogen and oxygen atoms in total. The van der Waals surface area contributed by atoms with Gasteiger partial charge in [0.15, 0.2) is 0 Å². The Morgan fingerprint density at radius 1 is 1.00 bits per heavy atom. The second-order valence-corrected chi connectivity index (χ2v) is 6.59. The zero-order valence-corrected chi connectivity index (χ0v) is 13.3. The average molecular weight is 266 g/mol. The zero-order valence-electron chi connectivity index (χ0n) is 13.3. The number of likely N-dealkylation sites (N-methyl/N-ethyl adjacent to an activating group) is 2. The molecule has 19 heavy (non-hydrogen) atoms. The molecule has 2 aliphatic rings. The van der Waals surface area contributed by atoms with E-state index < -0.39 is 0 Å². The van der Waals surface area contributed by atoms with Crippen LogP contribution < -0.4 is 5.32 Å². The van der Waals surface area contributed by atoms with Gasteiger partial charge in [0.2, 0.25) is 0 Å². The fourth-order valence-electron chi connectivity index (χ4n) is 4.47. The van der Waals surface area contributed by atoms with Crippen LogP contribution in [0.5, 0.6) is 0 Å². The molecule has 0 bridgehead atoms. The van der Waals surface area contributed by atoms with Crippen LogP contribution in [0.25, 0.3) is 0 Å². The van der Waals surface area contributed by atoms with Gasteiger partial charge in [-0.1, -0.05) is 40.0 Å². The summed E-state index contributed by atoms with van der Waals surface area (Å²) in [6.45, 7) is 9.38. The van der Waals surface area contributed by atoms with Crippen molar-refractivity contribution in [3.63, 3.8) is 0 Å². The van der Waals surface area contributed by atoms with Gasteiger partial charge in [0.25, 0.3) is 0 Å². The van der Waals surface area contributed by atoms with E-state index in [9.17, 15) is 0 Å². The molecule has 0 aliphatic heterocycles. The molecule has 0 saturated heterocycles. The van der Waals surface area contributed by atoms with Crippen LogP contribution >= 0.6 is 0 Å². The highest BCUT2D eigenvalue weighted by Gasteiger charge is 2.36. The van der Waals surface area contributed by atoms with Gasteiger partial charge in [-0.2, -0.15) is 0 Å². The van der Waals surface area contributed by atoms with Crippen molar-refractivity contribution in [2.24, 2.45) is 5.92 Å². The average Bonchev–Trinajstić information content (AvgIpc) is 2.95. The molecule has 2 fully saturated rings. The third-order valence-electron chi connectivity index (χ3n) is 5.55. The molecular weight excluding hydrogens is 232 g/mol. The van der Waals surface area contributed by atoms with Crippen LogP contribution in [0.1, 0.15) is 72.1 Å². The smallest absolute Gasteiger partial charge is 0.0254 e. The topological polar surface area (TPSA) is 15.3 Å². The van der Waals surface area contributed by atoms with Crippen molar-refractivity contribution in [2.75, 3.05) is 13.1 Å². The SMILES string of the molecule is CCNC1CCC(CC)CC1N(CC)C1CCCC1. The van der Waals surface area contributed by atoms with Crippen LogP contribution in [-0.4, -0.2) is 36.1 Å². The standard InChI is InChI=1S/C17H34N2/c1-4-14-11-12-16(18-5-2)17(13-14)19(6-3)15-9-7-8-10-15/h14-18H,4-13H2,1-3H3. The summed E-state index contributed by atoms with van der Waals surface area (Å²) >= 11 is 0. The van der Waals surface area contributed by atoms with Crippen LogP contribution in [0.2, 0.25) is 0 Å². The van der Waals surface area contributed by atoms with Crippen LogP contribution in [0, 0.1) is 5.92 Å². The van der Waals surface area contributed by atoms with Gasteiger partial charge in [-0.15, -0.1) is 0 Å². The summed E-state index contributed by atoms with van der Waals surface area (Å²) in [4.78, 5) is 2.86. The van der Waals surface area contributed by atoms with E-state index in [0.717, 1.165) is 30.6 Å². The molecule has 2 aliphatic carbocycles. The minimum Gasteiger partial charge on any atom is -0.313 e. The normalized spacial score (nSPS) is 33.2. The number of nitrogens with zero attached hydrogens (tertiary/aromatic N) is 1. The predicted octanol–water partition coefficient (Wildman–Crippen LogP) is 3.81. The van der Waals surface area contributed by atoms with E-state index in [1.165, 1.54) is 57.9 Å². The molecule has 0 amide bonds. The summed E-state index contributed by atoms with van der Waals surface area (Å²) in [5.41, 5.74) is 0. The molecule has 0 aromatic carbocycles. The summed E-state index contributed by atoms with van der Waals surface area (Å²) in [6.07, 6.45) is 11.4. The molecule has 3 unspecified atom stereocenters. The van der Waals surface area contributed by atoms with Crippen molar-refractivity contribution < 1.29 is 0 Å². The van der Waals surface area contributed by atoms with Crippen molar-refractivity contribution in [2.45, 2.75) is 90.3 Å². The van der Waals surface area contributed by atoms with Crippen molar-refractivity contribution >= 4 is 0 Å². The van der Waals surface area contributed by atoms with Crippen LogP contribution in [0.4, 0.5) is 0 Å².